The number of nitrogens with zero attached hydrogens (tertiary/aromatic N) is 2. The summed E-state index contributed by atoms with van der Waals surface area (Å²) in [6, 6.07) is 3.10. The zero-order chi connectivity index (χ0) is 20.5. The summed E-state index contributed by atoms with van der Waals surface area (Å²) in [4.78, 5) is 25.2. The van der Waals surface area contributed by atoms with E-state index in [-0.39, 0.29) is 11.4 Å². The normalized spacial score (nSPS) is 18.9. The Kier molecular flexibility index (Phi) is 6.01. The van der Waals surface area contributed by atoms with Crippen LogP contribution >= 0.6 is 22.6 Å². The van der Waals surface area contributed by atoms with E-state index in [4.69, 9.17) is 14.2 Å². The number of carbonyl (C=O) groups excluding carboxylic acids is 1. The molecule has 0 bridgehead atoms. The van der Waals surface area contributed by atoms with Gasteiger partial charge in [-0.15, -0.1) is 0 Å². The fourth-order valence-electron chi connectivity index (χ4n) is 3.33. The van der Waals surface area contributed by atoms with E-state index in [1.165, 1.54) is 6.07 Å². The van der Waals surface area contributed by atoms with Gasteiger partial charge in [0, 0.05) is 35.6 Å². The number of carbonyl (C=O) groups is 1. The van der Waals surface area contributed by atoms with E-state index in [2.05, 4.69) is 32.8 Å². The van der Waals surface area contributed by atoms with Crippen LogP contribution < -0.4 is 10.2 Å². The third-order valence-corrected chi connectivity index (χ3v) is 5.44. The smallest absolute Gasteiger partial charge is 0.412 e. The first-order valence-electron chi connectivity index (χ1n) is 9.09. The van der Waals surface area contributed by atoms with Crippen molar-refractivity contribution in [2.45, 2.75) is 45.0 Å². The summed E-state index contributed by atoms with van der Waals surface area (Å²) in [5.74, 6) is -0.500. The average molecular weight is 505 g/mol. The second-order valence-electron chi connectivity index (χ2n) is 7.80. The molecule has 0 aliphatic carbocycles. The van der Waals surface area contributed by atoms with Gasteiger partial charge in [-0.2, -0.15) is 0 Å². The molecule has 3 rings (SSSR count). The number of nitro benzene ring substituents is 1. The maximum Gasteiger partial charge on any atom is 0.412 e. The van der Waals surface area contributed by atoms with Crippen molar-refractivity contribution in [2.24, 2.45) is 0 Å². The van der Waals surface area contributed by atoms with Gasteiger partial charge in [0.05, 0.1) is 23.8 Å². The number of hydrogen-bond acceptors (Lipinski definition) is 7. The van der Waals surface area contributed by atoms with E-state index >= 15 is 0 Å². The third kappa shape index (κ3) is 4.84. The highest BCUT2D eigenvalue weighted by molar-refractivity contribution is 14.1. The van der Waals surface area contributed by atoms with E-state index in [1.54, 1.807) is 26.8 Å². The van der Waals surface area contributed by atoms with Gasteiger partial charge in [0.2, 0.25) is 0 Å². The van der Waals surface area contributed by atoms with Crippen LogP contribution in [0.3, 0.4) is 0 Å². The van der Waals surface area contributed by atoms with Gasteiger partial charge in [-0.3, -0.25) is 15.4 Å². The summed E-state index contributed by atoms with van der Waals surface area (Å²) in [7, 11) is 0. The number of hydrogen-bond donors (Lipinski definition) is 1. The molecule has 154 valence electrons. The van der Waals surface area contributed by atoms with Gasteiger partial charge in [0.1, 0.15) is 11.3 Å². The second-order valence-corrected chi connectivity index (χ2v) is 8.96. The maximum atomic E-state index is 12.1. The molecule has 2 aliphatic heterocycles. The van der Waals surface area contributed by atoms with Crippen molar-refractivity contribution in [3.63, 3.8) is 0 Å². The van der Waals surface area contributed by atoms with Crippen molar-refractivity contribution >= 4 is 45.7 Å². The van der Waals surface area contributed by atoms with Crippen LogP contribution in [-0.2, 0) is 14.2 Å². The molecule has 0 unspecified atom stereocenters. The lowest BCUT2D eigenvalue weighted by Crippen LogP contribution is -2.45. The Morgan fingerprint density at radius 1 is 1.29 bits per heavy atom. The molecule has 2 saturated heterocycles. The van der Waals surface area contributed by atoms with Gasteiger partial charge in [0.25, 0.3) is 5.69 Å². The Labute approximate surface area is 177 Å². The number of rotatable bonds is 3. The largest absolute Gasteiger partial charge is 0.444 e. The number of ether oxygens (including phenoxy) is 3. The molecule has 2 fully saturated rings. The standard InChI is InChI=1S/C18H24IN3O6/c1-17(2,3)28-16(23)20-13-11-14(12(19)10-15(13)22(24)25)21-6-4-18(5-7-21)26-8-9-27-18/h10-11H,4-9H2,1-3H3,(H,20,23). The third-order valence-electron chi connectivity index (χ3n) is 4.58. The van der Waals surface area contributed by atoms with Gasteiger partial charge >= 0.3 is 6.09 Å². The Bertz CT molecular complexity index is 763. The zero-order valence-electron chi connectivity index (χ0n) is 16.1. The number of amides is 1. The summed E-state index contributed by atoms with van der Waals surface area (Å²) < 4.78 is 17.5. The van der Waals surface area contributed by atoms with E-state index in [1.807, 2.05) is 0 Å². The lowest BCUT2D eigenvalue weighted by Gasteiger charge is -2.39. The highest BCUT2D eigenvalue weighted by Crippen LogP contribution is 2.38. The minimum Gasteiger partial charge on any atom is -0.444 e. The molecule has 1 amide bonds. The van der Waals surface area contributed by atoms with E-state index < -0.39 is 22.4 Å². The molecule has 0 atom stereocenters. The number of piperidine rings is 1. The first kappa shape index (κ1) is 21.1. The van der Waals surface area contributed by atoms with Crippen LogP contribution in [0.1, 0.15) is 33.6 Å². The summed E-state index contributed by atoms with van der Waals surface area (Å²) in [6.07, 6.45) is 0.706. The number of nitrogens with one attached hydrogen (secondary N) is 1. The Hall–Kier alpha value is -1.66. The molecule has 1 aromatic rings. The first-order valence-corrected chi connectivity index (χ1v) is 10.2. The molecule has 1 aromatic carbocycles. The predicted octanol–water partition coefficient (Wildman–Crippen LogP) is 3.89. The van der Waals surface area contributed by atoms with Gasteiger partial charge in [-0.25, -0.2) is 4.79 Å². The topological polar surface area (TPSA) is 103 Å². The number of nitro groups is 1. The van der Waals surface area contributed by atoms with E-state index in [9.17, 15) is 14.9 Å². The zero-order valence-corrected chi connectivity index (χ0v) is 18.3. The minimum absolute atomic E-state index is 0.114. The second kappa shape index (κ2) is 7.99. The molecular formula is C18H24IN3O6. The summed E-state index contributed by atoms with van der Waals surface area (Å²) in [5, 5.41) is 14.0. The Morgan fingerprint density at radius 3 is 2.43 bits per heavy atom. The van der Waals surface area contributed by atoms with Crippen molar-refractivity contribution in [1.29, 1.82) is 0 Å². The fraction of sp³-hybridized carbons (Fsp3) is 0.611. The summed E-state index contributed by atoms with van der Waals surface area (Å²) >= 11 is 2.08. The maximum absolute atomic E-state index is 12.1. The SMILES string of the molecule is CC(C)(C)OC(=O)Nc1cc(N2CCC3(CC2)OCCO3)c(I)cc1[N+](=O)[O-]. The Morgan fingerprint density at radius 2 is 1.89 bits per heavy atom. The molecule has 1 N–H and O–H groups in total. The highest BCUT2D eigenvalue weighted by Gasteiger charge is 2.40. The molecule has 0 aromatic heterocycles. The minimum atomic E-state index is -0.729. The van der Waals surface area contributed by atoms with Crippen LogP contribution in [0.5, 0.6) is 0 Å². The molecule has 10 heteroatoms. The molecule has 2 aliphatic rings. The molecular weight excluding hydrogens is 481 g/mol. The number of benzene rings is 1. The van der Waals surface area contributed by atoms with Crippen LogP contribution in [0.15, 0.2) is 12.1 Å². The van der Waals surface area contributed by atoms with Crippen molar-refractivity contribution in [1.82, 2.24) is 0 Å². The lowest BCUT2D eigenvalue weighted by molar-refractivity contribution is -0.384. The molecule has 28 heavy (non-hydrogen) atoms. The monoisotopic (exact) mass is 505 g/mol. The fourth-order valence-corrected chi connectivity index (χ4v) is 4.12. The summed E-state index contributed by atoms with van der Waals surface area (Å²) in [5.41, 5.74) is 0.0660. The molecule has 1 spiro atoms. The first-order chi connectivity index (χ1) is 13.1. The van der Waals surface area contributed by atoms with Crippen molar-refractivity contribution in [3.8, 4) is 0 Å². The predicted molar refractivity (Wildman–Crippen MR) is 112 cm³/mol. The van der Waals surface area contributed by atoms with E-state index in [0.717, 1.165) is 22.1 Å². The van der Waals surface area contributed by atoms with Gasteiger partial charge < -0.3 is 19.1 Å². The van der Waals surface area contributed by atoms with Crippen LogP contribution in [0.25, 0.3) is 0 Å². The van der Waals surface area contributed by atoms with E-state index in [0.29, 0.717) is 26.3 Å². The molecule has 0 saturated carbocycles. The van der Waals surface area contributed by atoms with Gasteiger partial charge in [-0.1, -0.05) is 0 Å². The number of anilines is 2. The average Bonchev–Trinajstić information content (AvgIpc) is 3.03. The van der Waals surface area contributed by atoms with Crippen LogP contribution in [0, 0.1) is 13.7 Å². The molecule has 9 nitrogen and oxygen atoms in total. The van der Waals surface area contributed by atoms with Crippen molar-refractivity contribution in [2.75, 3.05) is 36.5 Å². The quantitative estimate of drug-likeness (QED) is 0.378. The highest BCUT2D eigenvalue weighted by atomic mass is 127. The van der Waals surface area contributed by atoms with Gasteiger partial charge in [0.15, 0.2) is 5.79 Å². The molecule has 2 heterocycles. The lowest BCUT2D eigenvalue weighted by atomic mass is 10.0. The molecule has 0 radical (unpaired) electrons. The summed E-state index contributed by atoms with van der Waals surface area (Å²) in [6.45, 7) is 7.81. The van der Waals surface area contributed by atoms with Crippen molar-refractivity contribution < 1.29 is 23.9 Å². The van der Waals surface area contributed by atoms with Crippen LogP contribution in [0.4, 0.5) is 21.9 Å². The Balaban J connectivity index is 1.82. The van der Waals surface area contributed by atoms with Crippen molar-refractivity contribution in [3.05, 3.63) is 25.8 Å². The van der Waals surface area contributed by atoms with Gasteiger partial charge in [-0.05, 0) is 49.4 Å². The van der Waals surface area contributed by atoms with Crippen LogP contribution in [0.2, 0.25) is 0 Å². The number of halogens is 1. The van der Waals surface area contributed by atoms with Crippen LogP contribution in [-0.4, -0.2) is 48.7 Å².